The van der Waals surface area contributed by atoms with Gasteiger partial charge >= 0.3 is 0 Å². The van der Waals surface area contributed by atoms with Crippen LogP contribution >= 0.6 is 11.6 Å². The van der Waals surface area contributed by atoms with Gasteiger partial charge in [0.25, 0.3) is 0 Å². The van der Waals surface area contributed by atoms with Crippen molar-refractivity contribution in [2.24, 2.45) is 0 Å². The van der Waals surface area contributed by atoms with Crippen molar-refractivity contribution in [1.82, 2.24) is 0 Å². The molecule has 0 saturated carbocycles. The number of carbonyl (C=O) groups is 1. The Morgan fingerprint density at radius 3 is 2.39 bits per heavy atom. The number of nitro groups is 1. The minimum absolute atomic E-state index is 0.0474. The SMILES string of the molecule is O=C1C[C@H](c2ccccc2Cl)[C@@H]([N+](=O)[O-])CN1c1ccccc1. The zero-order valence-corrected chi connectivity index (χ0v) is 13.0. The highest BCUT2D eigenvalue weighted by molar-refractivity contribution is 6.31. The van der Waals surface area contributed by atoms with E-state index in [1.807, 2.05) is 18.2 Å². The molecule has 6 heteroatoms. The molecule has 23 heavy (non-hydrogen) atoms. The highest BCUT2D eigenvalue weighted by Crippen LogP contribution is 2.36. The monoisotopic (exact) mass is 330 g/mol. The molecular weight excluding hydrogens is 316 g/mol. The van der Waals surface area contributed by atoms with E-state index in [0.29, 0.717) is 16.3 Å². The number of hydrogen-bond acceptors (Lipinski definition) is 3. The van der Waals surface area contributed by atoms with Gasteiger partial charge < -0.3 is 4.90 Å². The Bertz CT molecular complexity index is 736. The molecule has 0 radical (unpaired) electrons. The number of amides is 1. The Labute approximate surface area is 138 Å². The minimum Gasteiger partial charge on any atom is -0.305 e. The molecule has 118 valence electrons. The van der Waals surface area contributed by atoms with Crippen LogP contribution in [0.3, 0.4) is 0 Å². The summed E-state index contributed by atoms with van der Waals surface area (Å²) in [5, 5.41) is 12.0. The van der Waals surface area contributed by atoms with Crippen LogP contribution in [-0.2, 0) is 4.79 Å². The molecule has 0 N–H and O–H groups in total. The minimum atomic E-state index is -0.882. The topological polar surface area (TPSA) is 63.4 Å². The molecule has 1 saturated heterocycles. The van der Waals surface area contributed by atoms with E-state index in [1.165, 1.54) is 4.90 Å². The molecule has 1 heterocycles. The Balaban J connectivity index is 1.95. The molecule has 0 unspecified atom stereocenters. The predicted octanol–water partition coefficient (Wildman–Crippen LogP) is 3.51. The predicted molar refractivity (Wildman–Crippen MR) is 88.4 cm³/mol. The van der Waals surface area contributed by atoms with Crippen LogP contribution in [0, 0.1) is 10.1 Å². The smallest absolute Gasteiger partial charge is 0.238 e. The standard InChI is InChI=1S/C17H15ClN2O3/c18-15-9-5-4-8-13(15)14-10-17(21)19(11-16(14)20(22)23)12-6-2-1-3-7-12/h1-9,14,16H,10-11H2/t14-,16+/m1/s1. The lowest BCUT2D eigenvalue weighted by molar-refractivity contribution is -0.524. The van der Waals surface area contributed by atoms with Gasteiger partial charge in [-0.15, -0.1) is 0 Å². The second kappa shape index (κ2) is 6.38. The van der Waals surface area contributed by atoms with Crippen molar-refractivity contribution in [3.05, 3.63) is 75.3 Å². The van der Waals surface area contributed by atoms with E-state index in [-0.39, 0.29) is 23.8 Å². The zero-order chi connectivity index (χ0) is 16.4. The molecule has 0 aromatic heterocycles. The number of anilines is 1. The number of para-hydroxylation sites is 1. The van der Waals surface area contributed by atoms with Crippen LogP contribution in [0.25, 0.3) is 0 Å². The fourth-order valence-corrected chi connectivity index (χ4v) is 3.29. The van der Waals surface area contributed by atoms with Gasteiger partial charge in [0, 0.05) is 22.1 Å². The summed E-state index contributed by atoms with van der Waals surface area (Å²) in [4.78, 5) is 25.3. The molecular formula is C17H15ClN2O3. The summed E-state index contributed by atoms with van der Waals surface area (Å²) >= 11 is 6.18. The van der Waals surface area contributed by atoms with Crippen LogP contribution in [0.5, 0.6) is 0 Å². The van der Waals surface area contributed by atoms with Crippen molar-refractivity contribution >= 4 is 23.2 Å². The fraction of sp³-hybridized carbons (Fsp3) is 0.235. The van der Waals surface area contributed by atoms with Crippen LogP contribution in [0.15, 0.2) is 54.6 Å². The van der Waals surface area contributed by atoms with Gasteiger partial charge in [0.05, 0.1) is 12.5 Å². The Kier molecular flexibility index (Phi) is 4.30. The van der Waals surface area contributed by atoms with E-state index >= 15 is 0 Å². The Hall–Kier alpha value is -2.40. The highest BCUT2D eigenvalue weighted by atomic mass is 35.5. The average molecular weight is 331 g/mol. The van der Waals surface area contributed by atoms with Crippen LogP contribution < -0.4 is 4.90 Å². The molecule has 5 nitrogen and oxygen atoms in total. The first-order chi connectivity index (χ1) is 11.1. The van der Waals surface area contributed by atoms with Gasteiger partial charge in [-0.1, -0.05) is 48.0 Å². The molecule has 2 atom stereocenters. The summed E-state index contributed by atoms with van der Waals surface area (Å²) in [6.07, 6.45) is 0.0737. The third kappa shape index (κ3) is 3.05. The number of benzene rings is 2. The van der Waals surface area contributed by atoms with Crippen molar-refractivity contribution in [3.63, 3.8) is 0 Å². The molecule has 0 spiro atoms. The van der Waals surface area contributed by atoms with Gasteiger partial charge in [-0.25, -0.2) is 0 Å². The molecule has 0 bridgehead atoms. The van der Waals surface area contributed by atoms with Gasteiger partial charge in [0.2, 0.25) is 11.9 Å². The van der Waals surface area contributed by atoms with Crippen LogP contribution in [0.4, 0.5) is 5.69 Å². The lowest BCUT2D eigenvalue weighted by Gasteiger charge is -2.34. The number of rotatable bonds is 3. The normalized spacial score (nSPS) is 21.3. The summed E-state index contributed by atoms with van der Waals surface area (Å²) in [7, 11) is 0. The van der Waals surface area contributed by atoms with E-state index in [1.54, 1.807) is 36.4 Å². The van der Waals surface area contributed by atoms with Crippen LogP contribution in [0.1, 0.15) is 17.9 Å². The second-order valence-corrected chi connectivity index (χ2v) is 5.93. The Morgan fingerprint density at radius 1 is 1.09 bits per heavy atom. The summed E-state index contributed by atoms with van der Waals surface area (Å²) in [6.45, 7) is 0.0474. The summed E-state index contributed by atoms with van der Waals surface area (Å²) < 4.78 is 0. The quantitative estimate of drug-likeness (QED) is 0.639. The lowest BCUT2D eigenvalue weighted by atomic mass is 9.85. The van der Waals surface area contributed by atoms with Crippen molar-refractivity contribution in [2.75, 3.05) is 11.4 Å². The molecule has 2 aromatic carbocycles. The summed E-state index contributed by atoms with van der Waals surface area (Å²) in [5.74, 6) is -0.634. The van der Waals surface area contributed by atoms with E-state index in [4.69, 9.17) is 11.6 Å². The van der Waals surface area contributed by atoms with Crippen molar-refractivity contribution in [1.29, 1.82) is 0 Å². The van der Waals surface area contributed by atoms with E-state index in [9.17, 15) is 14.9 Å². The van der Waals surface area contributed by atoms with Gasteiger partial charge in [-0.2, -0.15) is 0 Å². The molecule has 1 amide bonds. The van der Waals surface area contributed by atoms with E-state index in [0.717, 1.165) is 0 Å². The Morgan fingerprint density at radius 2 is 1.74 bits per heavy atom. The summed E-state index contributed by atoms with van der Waals surface area (Å²) in [5.41, 5.74) is 1.35. The third-order valence-corrected chi connectivity index (χ3v) is 4.52. The van der Waals surface area contributed by atoms with Gasteiger partial charge in [-0.3, -0.25) is 14.9 Å². The molecule has 1 aliphatic rings. The van der Waals surface area contributed by atoms with Crippen molar-refractivity contribution in [2.45, 2.75) is 18.4 Å². The molecule has 2 aromatic rings. The van der Waals surface area contributed by atoms with E-state index < -0.39 is 12.0 Å². The van der Waals surface area contributed by atoms with Crippen LogP contribution in [-0.4, -0.2) is 23.4 Å². The largest absolute Gasteiger partial charge is 0.305 e. The lowest BCUT2D eigenvalue weighted by Crippen LogP contribution is -2.49. The number of carbonyl (C=O) groups excluding carboxylic acids is 1. The van der Waals surface area contributed by atoms with Gasteiger partial charge in [-0.05, 0) is 23.8 Å². The molecule has 1 fully saturated rings. The van der Waals surface area contributed by atoms with Gasteiger partial charge in [0.15, 0.2) is 0 Å². The zero-order valence-electron chi connectivity index (χ0n) is 12.3. The summed E-state index contributed by atoms with van der Waals surface area (Å²) in [6, 6.07) is 15.2. The third-order valence-electron chi connectivity index (χ3n) is 4.17. The van der Waals surface area contributed by atoms with Crippen molar-refractivity contribution in [3.8, 4) is 0 Å². The average Bonchev–Trinajstić information content (AvgIpc) is 2.55. The maximum Gasteiger partial charge on any atom is 0.238 e. The molecule has 1 aliphatic heterocycles. The van der Waals surface area contributed by atoms with Crippen molar-refractivity contribution < 1.29 is 9.72 Å². The first-order valence-corrected chi connectivity index (χ1v) is 7.69. The maximum atomic E-state index is 12.5. The first-order valence-electron chi connectivity index (χ1n) is 7.31. The fourth-order valence-electron chi connectivity index (χ4n) is 3.01. The number of halogens is 1. The second-order valence-electron chi connectivity index (χ2n) is 5.52. The van der Waals surface area contributed by atoms with Gasteiger partial charge in [0.1, 0.15) is 0 Å². The maximum absolute atomic E-state index is 12.5. The number of piperidine rings is 1. The highest BCUT2D eigenvalue weighted by Gasteiger charge is 2.43. The van der Waals surface area contributed by atoms with Crippen LogP contribution in [0.2, 0.25) is 5.02 Å². The molecule has 0 aliphatic carbocycles. The number of nitrogens with zero attached hydrogens (tertiary/aromatic N) is 2. The molecule has 3 rings (SSSR count). The van der Waals surface area contributed by atoms with E-state index in [2.05, 4.69) is 0 Å². The first kappa shape index (κ1) is 15.5. The number of hydrogen-bond donors (Lipinski definition) is 0.